The quantitative estimate of drug-likeness (QED) is 0.751. The minimum atomic E-state index is -0.205. The minimum absolute atomic E-state index is 0.159. The van der Waals surface area contributed by atoms with Gasteiger partial charge in [-0.2, -0.15) is 5.26 Å². The molecule has 3 heteroatoms. The molecule has 0 aromatic carbocycles. The van der Waals surface area contributed by atoms with Crippen LogP contribution in [0.15, 0.2) is 15.9 Å². The number of rotatable bonds is 1. The van der Waals surface area contributed by atoms with E-state index in [1.807, 2.05) is 5.38 Å². The van der Waals surface area contributed by atoms with E-state index in [2.05, 4.69) is 41.9 Å². The SMILES string of the molecule is CC1(C)CC1(C#N)c1cc(Br)cs1. The van der Waals surface area contributed by atoms with Crippen LogP contribution in [-0.4, -0.2) is 0 Å². The lowest BCUT2D eigenvalue weighted by Crippen LogP contribution is -2.09. The van der Waals surface area contributed by atoms with Crippen molar-refractivity contribution in [2.45, 2.75) is 25.7 Å². The van der Waals surface area contributed by atoms with Crippen LogP contribution >= 0.6 is 27.3 Å². The van der Waals surface area contributed by atoms with Crippen molar-refractivity contribution in [1.82, 2.24) is 0 Å². The summed E-state index contributed by atoms with van der Waals surface area (Å²) in [6.45, 7) is 4.31. The highest BCUT2D eigenvalue weighted by atomic mass is 79.9. The average Bonchev–Trinajstić information content (AvgIpc) is 2.43. The van der Waals surface area contributed by atoms with Crippen LogP contribution in [0.3, 0.4) is 0 Å². The van der Waals surface area contributed by atoms with E-state index in [4.69, 9.17) is 0 Å². The van der Waals surface area contributed by atoms with E-state index in [0.717, 1.165) is 10.9 Å². The maximum Gasteiger partial charge on any atom is 0.0972 e. The Morgan fingerprint density at radius 2 is 2.23 bits per heavy atom. The monoisotopic (exact) mass is 255 g/mol. The summed E-state index contributed by atoms with van der Waals surface area (Å²) in [4.78, 5) is 1.20. The molecule has 1 aliphatic rings. The van der Waals surface area contributed by atoms with Crippen LogP contribution in [0.4, 0.5) is 0 Å². The van der Waals surface area contributed by atoms with Gasteiger partial charge < -0.3 is 0 Å². The number of nitrogens with zero attached hydrogens (tertiary/aromatic N) is 1. The van der Waals surface area contributed by atoms with E-state index in [9.17, 15) is 5.26 Å². The van der Waals surface area contributed by atoms with Crippen LogP contribution in [-0.2, 0) is 5.41 Å². The van der Waals surface area contributed by atoms with Gasteiger partial charge in [-0.15, -0.1) is 11.3 Å². The van der Waals surface area contributed by atoms with Crippen molar-refractivity contribution >= 4 is 27.3 Å². The molecule has 1 aromatic rings. The first kappa shape index (κ1) is 9.23. The zero-order chi connectivity index (χ0) is 9.69. The van der Waals surface area contributed by atoms with Crippen LogP contribution < -0.4 is 0 Å². The van der Waals surface area contributed by atoms with Gasteiger partial charge in [0.15, 0.2) is 0 Å². The van der Waals surface area contributed by atoms with E-state index in [1.54, 1.807) is 11.3 Å². The lowest BCUT2D eigenvalue weighted by Gasteiger charge is -2.08. The molecule has 0 bridgehead atoms. The zero-order valence-corrected chi connectivity index (χ0v) is 10.00. The minimum Gasteiger partial charge on any atom is -0.197 e. The zero-order valence-electron chi connectivity index (χ0n) is 7.60. The molecule has 1 aromatic heterocycles. The van der Waals surface area contributed by atoms with Gasteiger partial charge >= 0.3 is 0 Å². The third kappa shape index (κ3) is 1.16. The van der Waals surface area contributed by atoms with Gasteiger partial charge in [0.25, 0.3) is 0 Å². The Morgan fingerprint density at radius 1 is 1.62 bits per heavy atom. The number of thiophene rings is 1. The van der Waals surface area contributed by atoms with E-state index in [0.29, 0.717) is 0 Å². The Kier molecular flexibility index (Phi) is 1.84. The fourth-order valence-electron chi connectivity index (χ4n) is 1.82. The molecule has 13 heavy (non-hydrogen) atoms. The second kappa shape index (κ2) is 2.59. The first-order valence-corrected chi connectivity index (χ1v) is 5.85. The fraction of sp³-hybridized carbons (Fsp3) is 0.500. The maximum atomic E-state index is 9.20. The summed E-state index contributed by atoms with van der Waals surface area (Å²) < 4.78 is 1.09. The van der Waals surface area contributed by atoms with E-state index >= 15 is 0 Å². The summed E-state index contributed by atoms with van der Waals surface area (Å²) in [5.41, 5.74) is -0.0459. The predicted molar refractivity (Wildman–Crippen MR) is 57.7 cm³/mol. The topological polar surface area (TPSA) is 23.8 Å². The molecule has 1 atom stereocenters. The van der Waals surface area contributed by atoms with Gasteiger partial charge in [0, 0.05) is 14.7 Å². The second-order valence-electron chi connectivity index (χ2n) is 4.21. The van der Waals surface area contributed by atoms with Crippen molar-refractivity contribution in [2.24, 2.45) is 5.41 Å². The van der Waals surface area contributed by atoms with Gasteiger partial charge in [-0.3, -0.25) is 0 Å². The molecule has 0 spiro atoms. The van der Waals surface area contributed by atoms with Crippen LogP contribution in [0.1, 0.15) is 25.1 Å². The summed E-state index contributed by atoms with van der Waals surface area (Å²) in [6, 6.07) is 4.53. The molecule has 1 nitrogen and oxygen atoms in total. The summed E-state index contributed by atoms with van der Waals surface area (Å²) in [6.07, 6.45) is 0.990. The lowest BCUT2D eigenvalue weighted by atomic mass is 9.96. The number of nitriles is 1. The largest absolute Gasteiger partial charge is 0.197 e. The van der Waals surface area contributed by atoms with Gasteiger partial charge in [-0.05, 0) is 33.8 Å². The molecule has 1 saturated carbocycles. The van der Waals surface area contributed by atoms with Crippen molar-refractivity contribution < 1.29 is 0 Å². The predicted octanol–water partition coefficient (Wildman–Crippen LogP) is 3.70. The maximum absolute atomic E-state index is 9.20. The van der Waals surface area contributed by atoms with Crippen LogP contribution in [0, 0.1) is 16.7 Å². The van der Waals surface area contributed by atoms with E-state index in [1.165, 1.54) is 4.88 Å². The molecule has 0 amide bonds. The molecule has 0 N–H and O–H groups in total. The highest BCUT2D eigenvalue weighted by Crippen LogP contribution is 2.65. The van der Waals surface area contributed by atoms with Crippen LogP contribution in [0.5, 0.6) is 0 Å². The van der Waals surface area contributed by atoms with Crippen molar-refractivity contribution in [3.63, 3.8) is 0 Å². The van der Waals surface area contributed by atoms with Crippen molar-refractivity contribution in [1.29, 1.82) is 5.26 Å². The third-order valence-electron chi connectivity index (χ3n) is 2.92. The van der Waals surface area contributed by atoms with Crippen LogP contribution in [0.2, 0.25) is 0 Å². The average molecular weight is 256 g/mol. The van der Waals surface area contributed by atoms with E-state index in [-0.39, 0.29) is 10.8 Å². The molecule has 1 heterocycles. The summed E-state index contributed by atoms with van der Waals surface area (Å²) >= 11 is 5.10. The molecule has 68 valence electrons. The first-order valence-electron chi connectivity index (χ1n) is 4.18. The Morgan fingerprint density at radius 3 is 2.54 bits per heavy atom. The Bertz CT molecular complexity index is 388. The number of hydrogen-bond donors (Lipinski definition) is 0. The molecule has 0 radical (unpaired) electrons. The lowest BCUT2D eigenvalue weighted by molar-refractivity contribution is 0.575. The molecule has 0 aliphatic heterocycles. The van der Waals surface area contributed by atoms with Gasteiger partial charge in [-0.25, -0.2) is 0 Å². The first-order chi connectivity index (χ1) is 6.02. The molecular weight excluding hydrogens is 246 g/mol. The molecule has 0 saturated heterocycles. The smallest absolute Gasteiger partial charge is 0.0972 e. The Labute approximate surface area is 90.5 Å². The van der Waals surface area contributed by atoms with Crippen LogP contribution in [0.25, 0.3) is 0 Å². The number of hydrogen-bond acceptors (Lipinski definition) is 2. The second-order valence-corrected chi connectivity index (χ2v) is 6.03. The normalized spacial score (nSPS) is 29.7. The highest BCUT2D eigenvalue weighted by molar-refractivity contribution is 9.10. The highest BCUT2D eigenvalue weighted by Gasteiger charge is 2.63. The van der Waals surface area contributed by atoms with Gasteiger partial charge in [0.2, 0.25) is 0 Å². The summed E-state index contributed by atoms with van der Waals surface area (Å²) in [5, 5.41) is 11.2. The Hall–Kier alpha value is -0.330. The third-order valence-corrected chi connectivity index (χ3v) is 4.77. The standard InChI is InChI=1S/C10H10BrNS/c1-9(2)5-10(9,6-12)8-3-7(11)4-13-8/h3-4H,5H2,1-2H3. The molecule has 1 unspecified atom stereocenters. The molecule has 1 fully saturated rings. The molecular formula is C10H10BrNS. The number of halogens is 1. The molecule has 2 rings (SSSR count). The van der Waals surface area contributed by atoms with Crippen molar-refractivity contribution in [3.05, 3.63) is 20.8 Å². The van der Waals surface area contributed by atoms with Crippen molar-refractivity contribution in [2.75, 3.05) is 0 Å². The fourth-order valence-corrected chi connectivity index (χ4v) is 3.58. The van der Waals surface area contributed by atoms with Gasteiger partial charge in [0.05, 0.1) is 11.5 Å². The van der Waals surface area contributed by atoms with Gasteiger partial charge in [0.1, 0.15) is 0 Å². The molecule has 1 aliphatic carbocycles. The summed E-state index contributed by atoms with van der Waals surface area (Å²) in [7, 11) is 0. The van der Waals surface area contributed by atoms with Crippen molar-refractivity contribution in [3.8, 4) is 6.07 Å². The van der Waals surface area contributed by atoms with E-state index < -0.39 is 0 Å². The summed E-state index contributed by atoms with van der Waals surface area (Å²) in [5.74, 6) is 0. The Balaban J connectivity index is 2.43. The van der Waals surface area contributed by atoms with Gasteiger partial charge in [-0.1, -0.05) is 13.8 Å².